The first-order valence-electron chi connectivity index (χ1n) is 9.19. The number of amides is 1. The van der Waals surface area contributed by atoms with Crippen LogP contribution >= 0.6 is 11.3 Å². The van der Waals surface area contributed by atoms with Crippen molar-refractivity contribution in [1.29, 1.82) is 0 Å². The molecule has 4 rings (SSSR count). The molecular formula is C20H21N5O2S. The molecule has 3 aromatic heterocycles. The standard InChI is InChI=1S/C20H21N5O2S/c1-2-8-25-18-16(6-3-7-21-18)22-19(20(25)27)24-11-9-23(10-12-24)17(26)14-15-5-4-13-28-15/h2-7,13H,1,8-12,14H2. The Kier molecular flexibility index (Phi) is 5.21. The molecular weight excluding hydrogens is 374 g/mol. The number of hydrogen-bond acceptors (Lipinski definition) is 6. The van der Waals surface area contributed by atoms with Gasteiger partial charge in [-0.2, -0.15) is 0 Å². The van der Waals surface area contributed by atoms with Crippen LogP contribution < -0.4 is 10.5 Å². The summed E-state index contributed by atoms with van der Waals surface area (Å²) in [5.41, 5.74) is 1.06. The van der Waals surface area contributed by atoms with Crippen molar-refractivity contribution in [3.8, 4) is 0 Å². The quantitative estimate of drug-likeness (QED) is 0.618. The highest BCUT2D eigenvalue weighted by Crippen LogP contribution is 2.16. The summed E-state index contributed by atoms with van der Waals surface area (Å²) in [4.78, 5) is 39.3. The molecule has 1 fully saturated rings. The van der Waals surface area contributed by atoms with Crippen molar-refractivity contribution in [2.75, 3.05) is 31.1 Å². The number of rotatable bonds is 5. The van der Waals surface area contributed by atoms with Crippen molar-refractivity contribution < 1.29 is 4.79 Å². The van der Waals surface area contributed by atoms with E-state index in [1.807, 2.05) is 39.4 Å². The molecule has 7 nitrogen and oxygen atoms in total. The summed E-state index contributed by atoms with van der Waals surface area (Å²) in [6.07, 6.45) is 3.77. The van der Waals surface area contributed by atoms with E-state index in [1.54, 1.807) is 28.2 Å². The predicted octanol–water partition coefficient (Wildman–Crippen LogP) is 1.93. The number of piperazine rings is 1. The molecule has 1 aliphatic rings. The second-order valence-electron chi connectivity index (χ2n) is 6.61. The number of carbonyl (C=O) groups is 1. The van der Waals surface area contributed by atoms with E-state index in [-0.39, 0.29) is 11.5 Å². The third-order valence-electron chi connectivity index (χ3n) is 4.83. The molecule has 0 aromatic carbocycles. The number of allylic oxidation sites excluding steroid dienone is 1. The Hall–Kier alpha value is -3.00. The molecule has 8 heteroatoms. The minimum Gasteiger partial charge on any atom is -0.348 e. The average molecular weight is 395 g/mol. The third-order valence-corrected chi connectivity index (χ3v) is 5.71. The number of anilines is 1. The number of pyridine rings is 1. The van der Waals surface area contributed by atoms with Crippen LogP contribution in [-0.2, 0) is 17.8 Å². The fourth-order valence-corrected chi connectivity index (χ4v) is 4.10. The van der Waals surface area contributed by atoms with Crippen LogP contribution in [0.2, 0.25) is 0 Å². The first kappa shape index (κ1) is 18.4. The minimum atomic E-state index is -0.176. The van der Waals surface area contributed by atoms with Crippen LogP contribution in [-0.4, -0.2) is 51.5 Å². The Balaban J connectivity index is 1.54. The van der Waals surface area contributed by atoms with Crippen LogP contribution in [0.1, 0.15) is 4.88 Å². The molecule has 0 unspecified atom stereocenters. The number of aromatic nitrogens is 3. The highest BCUT2D eigenvalue weighted by Gasteiger charge is 2.25. The highest BCUT2D eigenvalue weighted by atomic mass is 32.1. The van der Waals surface area contributed by atoms with Gasteiger partial charge < -0.3 is 9.80 Å². The zero-order valence-corrected chi connectivity index (χ0v) is 16.3. The predicted molar refractivity (Wildman–Crippen MR) is 111 cm³/mol. The summed E-state index contributed by atoms with van der Waals surface area (Å²) < 4.78 is 1.60. The lowest BCUT2D eigenvalue weighted by Gasteiger charge is -2.35. The summed E-state index contributed by atoms with van der Waals surface area (Å²) in [5, 5.41) is 1.98. The number of hydrogen-bond donors (Lipinski definition) is 0. The molecule has 144 valence electrons. The van der Waals surface area contributed by atoms with Gasteiger partial charge in [0.2, 0.25) is 5.91 Å². The Morgan fingerprint density at radius 2 is 2.04 bits per heavy atom. The number of nitrogens with zero attached hydrogens (tertiary/aromatic N) is 5. The zero-order valence-electron chi connectivity index (χ0n) is 15.5. The first-order valence-corrected chi connectivity index (χ1v) is 10.1. The third kappa shape index (κ3) is 3.55. The van der Waals surface area contributed by atoms with E-state index in [0.717, 1.165) is 4.88 Å². The molecule has 1 amide bonds. The van der Waals surface area contributed by atoms with Gasteiger partial charge in [0.15, 0.2) is 11.5 Å². The summed E-state index contributed by atoms with van der Waals surface area (Å²) >= 11 is 1.60. The van der Waals surface area contributed by atoms with Gasteiger partial charge >= 0.3 is 0 Å². The fraction of sp³-hybridized carbons (Fsp3) is 0.300. The fourth-order valence-electron chi connectivity index (χ4n) is 3.41. The monoisotopic (exact) mass is 395 g/mol. The summed E-state index contributed by atoms with van der Waals surface area (Å²) in [5.74, 6) is 0.537. The number of fused-ring (bicyclic) bond motifs is 1. The summed E-state index contributed by atoms with van der Waals surface area (Å²) in [7, 11) is 0. The average Bonchev–Trinajstić information content (AvgIpc) is 3.23. The van der Waals surface area contributed by atoms with Crippen molar-refractivity contribution in [2.45, 2.75) is 13.0 Å². The van der Waals surface area contributed by atoms with Crippen LogP contribution in [0, 0.1) is 0 Å². The molecule has 0 bridgehead atoms. The maximum absolute atomic E-state index is 13.0. The Morgan fingerprint density at radius 3 is 2.75 bits per heavy atom. The maximum atomic E-state index is 13.0. The molecule has 4 heterocycles. The van der Waals surface area contributed by atoms with Crippen molar-refractivity contribution in [3.63, 3.8) is 0 Å². The maximum Gasteiger partial charge on any atom is 0.295 e. The van der Waals surface area contributed by atoms with Gasteiger partial charge in [0.25, 0.3) is 5.56 Å². The molecule has 0 aliphatic carbocycles. The Bertz CT molecular complexity index is 1050. The van der Waals surface area contributed by atoms with Crippen molar-refractivity contribution >= 4 is 34.2 Å². The Labute approximate surface area is 166 Å². The molecule has 1 aliphatic heterocycles. The second-order valence-corrected chi connectivity index (χ2v) is 7.64. The molecule has 1 saturated heterocycles. The normalized spacial score (nSPS) is 14.4. The van der Waals surface area contributed by atoms with Gasteiger partial charge in [-0.05, 0) is 23.6 Å². The Morgan fingerprint density at radius 1 is 1.21 bits per heavy atom. The van der Waals surface area contributed by atoms with E-state index >= 15 is 0 Å². The van der Waals surface area contributed by atoms with E-state index in [4.69, 9.17) is 0 Å². The zero-order chi connectivity index (χ0) is 19.5. The number of thiophene rings is 1. The molecule has 0 N–H and O–H groups in total. The molecule has 3 aromatic rings. The van der Waals surface area contributed by atoms with E-state index in [9.17, 15) is 9.59 Å². The lowest BCUT2D eigenvalue weighted by atomic mass is 10.2. The molecule has 28 heavy (non-hydrogen) atoms. The molecule has 0 saturated carbocycles. The largest absolute Gasteiger partial charge is 0.348 e. The van der Waals surface area contributed by atoms with E-state index < -0.39 is 0 Å². The number of carbonyl (C=O) groups excluding carboxylic acids is 1. The van der Waals surface area contributed by atoms with Crippen LogP contribution in [0.25, 0.3) is 11.2 Å². The van der Waals surface area contributed by atoms with Crippen molar-refractivity contribution in [1.82, 2.24) is 19.4 Å². The van der Waals surface area contributed by atoms with E-state index in [2.05, 4.69) is 16.5 Å². The van der Waals surface area contributed by atoms with Gasteiger partial charge in [0.05, 0.1) is 6.42 Å². The van der Waals surface area contributed by atoms with Crippen LogP contribution in [0.15, 0.2) is 53.3 Å². The van der Waals surface area contributed by atoms with E-state index in [1.165, 1.54) is 0 Å². The summed E-state index contributed by atoms with van der Waals surface area (Å²) in [6.45, 7) is 6.44. The first-order chi connectivity index (χ1) is 13.7. The van der Waals surface area contributed by atoms with Crippen molar-refractivity contribution in [3.05, 3.63) is 63.7 Å². The SMILES string of the molecule is C=CCn1c(=O)c(N2CCN(C(=O)Cc3cccs3)CC2)nc2cccnc21. The van der Waals surface area contributed by atoms with Gasteiger partial charge in [0, 0.05) is 43.8 Å². The minimum absolute atomic E-state index is 0.127. The van der Waals surface area contributed by atoms with Gasteiger partial charge in [0.1, 0.15) is 5.52 Å². The van der Waals surface area contributed by atoms with Crippen LogP contribution in [0.3, 0.4) is 0 Å². The van der Waals surface area contributed by atoms with Crippen LogP contribution in [0.5, 0.6) is 0 Å². The second kappa shape index (κ2) is 7.93. The van der Waals surface area contributed by atoms with Gasteiger partial charge in [-0.1, -0.05) is 12.1 Å². The highest BCUT2D eigenvalue weighted by molar-refractivity contribution is 7.10. The van der Waals surface area contributed by atoms with E-state index in [0.29, 0.717) is 56.1 Å². The lowest BCUT2D eigenvalue weighted by Crippen LogP contribution is -2.51. The molecule has 0 spiro atoms. The van der Waals surface area contributed by atoms with Crippen LogP contribution in [0.4, 0.5) is 5.82 Å². The summed E-state index contributed by atoms with van der Waals surface area (Å²) in [6, 6.07) is 7.60. The lowest BCUT2D eigenvalue weighted by molar-refractivity contribution is -0.130. The van der Waals surface area contributed by atoms with Gasteiger partial charge in [-0.3, -0.25) is 14.2 Å². The smallest absolute Gasteiger partial charge is 0.295 e. The topological polar surface area (TPSA) is 71.3 Å². The molecule has 0 radical (unpaired) electrons. The molecule has 0 atom stereocenters. The van der Waals surface area contributed by atoms with Gasteiger partial charge in [-0.25, -0.2) is 9.97 Å². The van der Waals surface area contributed by atoms with Gasteiger partial charge in [-0.15, -0.1) is 17.9 Å². The van der Waals surface area contributed by atoms with Crippen molar-refractivity contribution in [2.24, 2.45) is 0 Å².